The van der Waals surface area contributed by atoms with E-state index in [9.17, 15) is 4.39 Å². The first-order valence-corrected chi connectivity index (χ1v) is 7.54. The molecule has 114 valence electrons. The second-order valence-electron chi connectivity index (χ2n) is 5.60. The minimum absolute atomic E-state index is 0.250. The Hall–Kier alpha value is -1.41. The first-order valence-electron chi connectivity index (χ1n) is 7.54. The van der Waals surface area contributed by atoms with E-state index in [1.807, 2.05) is 12.1 Å². The Morgan fingerprint density at radius 1 is 1.38 bits per heavy atom. The Balaban J connectivity index is 2.06. The highest BCUT2D eigenvalue weighted by atomic mass is 19.1. The van der Waals surface area contributed by atoms with Crippen molar-refractivity contribution in [3.05, 3.63) is 35.1 Å². The highest BCUT2D eigenvalue weighted by Gasteiger charge is 2.22. The Kier molecular flexibility index (Phi) is 5.75. The Labute approximate surface area is 126 Å². The summed E-state index contributed by atoms with van der Waals surface area (Å²) in [6.45, 7) is 6.52. The zero-order chi connectivity index (χ0) is 15.2. The molecule has 2 rings (SSSR count). The van der Waals surface area contributed by atoms with Crippen LogP contribution in [0.1, 0.15) is 24.5 Å². The standard InChI is InChI=1S/C17H24FN3/c1-3-16-13-21(10-9-20(16)2)12-14-6-7-17(18)15(11-14)5-4-8-19/h6-7,11,16H,3,8-10,12-13,19H2,1-2H3. The molecule has 1 aliphatic heterocycles. The van der Waals surface area contributed by atoms with Crippen LogP contribution in [0.3, 0.4) is 0 Å². The van der Waals surface area contributed by atoms with E-state index < -0.39 is 0 Å². The van der Waals surface area contributed by atoms with Gasteiger partial charge in [-0.05, 0) is 31.2 Å². The number of nitrogens with zero attached hydrogens (tertiary/aromatic N) is 2. The predicted octanol–water partition coefficient (Wildman–Crippen LogP) is 1.66. The molecule has 4 heteroatoms. The van der Waals surface area contributed by atoms with Crippen molar-refractivity contribution in [2.75, 3.05) is 33.2 Å². The second kappa shape index (κ2) is 7.56. The number of nitrogens with two attached hydrogens (primary N) is 1. The monoisotopic (exact) mass is 289 g/mol. The van der Waals surface area contributed by atoms with Crippen LogP contribution in [0.2, 0.25) is 0 Å². The average molecular weight is 289 g/mol. The highest BCUT2D eigenvalue weighted by Crippen LogP contribution is 2.16. The first-order chi connectivity index (χ1) is 10.1. The van der Waals surface area contributed by atoms with Gasteiger partial charge in [0.15, 0.2) is 0 Å². The van der Waals surface area contributed by atoms with Gasteiger partial charge in [0.25, 0.3) is 0 Å². The van der Waals surface area contributed by atoms with Crippen LogP contribution in [0.15, 0.2) is 18.2 Å². The minimum Gasteiger partial charge on any atom is -0.320 e. The van der Waals surface area contributed by atoms with E-state index in [0.29, 0.717) is 11.6 Å². The van der Waals surface area contributed by atoms with Crippen molar-refractivity contribution in [2.24, 2.45) is 5.73 Å². The molecule has 1 heterocycles. The van der Waals surface area contributed by atoms with Crippen molar-refractivity contribution in [1.82, 2.24) is 9.80 Å². The number of piperazine rings is 1. The average Bonchev–Trinajstić information content (AvgIpc) is 2.49. The van der Waals surface area contributed by atoms with Gasteiger partial charge in [0.2, 0.25) is 0 Å². The topological polar surface area (TPSA) is 32.5 Å². The van der Waals surface area contributed by atoms with E-state index in [1.54, 1.807) is 0 Å². The molecule has 0 spiro atoms. The van der Waals surface area contributed by atoms with Gasteiger partial charge in [-0.25, -0.2) is 4.39 Å². The van der Waals surface area contributed by atoms with Crippen molar-refractivity contribution in [3.8, 4) is 11.8 Å². The third kappa shape index (κ3) is 4.28. The van der Waals surface area contributed by atoms with E-state index >= 15 is 0 Å². The van der Waals surface area contributed by atoms with Gasteiger partial charge in [-0.2, -0.15) is 0 Å². The van der Waals surface area contributed by atoms with Gasteiger partial charge in [0, 0.05) is 32.2 Å². The largest absolute Gasteiger partial charge is 0.320 e. The molecule has 0 bridgehead atoms. The molecule has 1 aliphatic rings. The van der Waals surface area contributed by atoms with E-state index in [4.69, 9.17) is 5.73 Å². The number of halogens is 1. The quantitative estimate of drug-likeness (QED) is 0.859. The van der Waals surface area contributed by atoms with Crippen molar-refractivity contribution in [3.63, 3.8) is 0 Å². The van der Waals surface area contributed by atoms with Crippen LogP contribution < -0.4 is 5.73 Å². The lowest BCUT2D eigenvalue weighted by Gasteiger charge is -2.39. The molecular weight excluding hydrogens is 265 g/mol. The van der Waals surface area contributed by atoms with Crippen molar-refractivity contribution >= 4 is 0 Å². The smallest absolute Gasteiger partial charge is 0.138 e. The molecule has 1 saturated heterocycles. The third-order valence-corrected chi connectivity index (χ3v) is 4.09. The highest BCUT2D eigenvalue weighted by molar-refractivity contribution is 5.38. The molecule has 0 aliphatic carbocycles. The molecule has 0 amide bonds. The van der Waals surface area contributed by atoms with Gasteiger partial charge >= 0.3 is 0 Å². The van der Waals surface area contributed by atoms with Gasteiger partial charge in [-0.1, -0.05) is 24.8 Å². The summed E-state index contributed by atoms with van der Waals surface area (Å²) in [6.07, 6.45) is 1.16. The van der Waals surface area contributed by atoms with Gasteiger partial charge in [-0.15, -0.1) is 0 Å². The molecule has 1 aromatic carbocycles. The molecule has 3 nitrogen and oxygen atoms in total. The molecule has 0 saturated carbocycles. The number of rotatable bonds is 3. The Morgan fingerprint density at radius 2 is 2.19 bits per heavy atom. The predicted molar refractivity (Wildman–Crippen MR) is 84.3 cm³/mol. The fraction of sp³-hybridized carbons (Fsp3) is 0.529. The number of hydrogen-bond acceptors (Lipinski definition) is 3. The van der Waals surface area contributed by atoms with Crippen LogP contribution in [-0.2, 0) is 6.54 Å². The van der Waals surface area contributed by atoms with Gasteiger partial charge < -0.3 is 10.6 Å². The Bertz CT molecular complexity index is 533. The fourth-order valence-electron chi connectivity index (χ4n) is 2.77. The molecule has 1 unspecified atom stereocenters. The molecule has 21 heavy (non-hydrogen) atoms. The lowest BCUT2D eigenvalue weighted by molar-refractivity contribution is 0.0883. The summed E-state index contributed by atoms with van der Waals surface area (Å²) in [5.74, 6) is 5.24. The van der Waals surface area contributed by atoms with Crippen molar-refractivity contribution in [2.45, 2.75) is 25.9 Å². The van der Waals surface area contributed by atoms with Crippen LogP contribution in [0.5, 0.6) is 0 Å². The molecule has 1 fully saturated rings. The van der Waals surface area contributed by atoms with Crippen LogP contribution >= 0.6 is 0 Å². The maximum Gasteiger partial charge on any atom is 0.138 e. The SMILES string of the molecule is CCC1CN(Cc2ccc(F)c(C#CCN)c2)CCN1C. The van der Waals surface area contributed by atoms with Crippen LogP contribution in [0.4, 0.5) is 4.39 Å². The zero-order valence-corrected chi connectivity index (χ0v) is 12.9. The van der Waals surface area contributed by atoms with Gasteiger partial charge in [-0.3, -0.25) is 4.90 Å². The van der Waals surface area contributed by atoms with E-state index in [0.717, 1.165) is 38.2 Å². The summed E-state index contributed by atoms with van der Waals surface area (Å²) in [5, 5.41) is 0. The van der Waals surface area contributed by atoms with E-state index in [-0.39, 0.29) is 12.4 Å². The van der Waals surface area contributed by atoms with E-state index in [1.165, 1.54) is 6.07 Å². The maximum atomic E-state index is 13.7. The minimum atomic E-state index is -0.274. The van der Waals surface area contributed by atoms with Crippen LogP contribution in [-0.4, -0.2) is 49.1 Å². The van der Waals surface area contributed by atoms with Gasteiger partial charge in [0.05, 0.1) is 12.1 Å². The summed E-state index contributed by atoms with van der Waals surface area (Å²) in [4.78, 5) is 4.85. The maximum absolute atomic E-state index is 13.7. The molecule has 0 radical (unpaired) electrons. The van der Waals surface area contributed by atoms with E-state index in [2.05, 4.69) is 35.6 Å². The molecule has 1 aromatic rings. The summed E-state index contributed by atoms with van der Waals surface area (Å²) < 4.78 is 13.7. The number of hydrogen-bond donors (Lipinski definition) is 1. The first kappa shape index (κ1) is 16.0. The summed E-state index contributed by atoms with van der Waals surface area (Å²) in [5.41, 5.74) is 6.90. The zero-order valence-electron chi connectivity index (χ0n) is 12.9. The third-order valence-electron chi connectivity index (χ3n) is 4.09. The van der Waals surface area contributed by atoms with Crippen LogP contribution in [0, 0.1) is 17.7 Å². The summed E-state index contributed by atoms with van der Waals surface area (Å²) in [7, 11) is 2.18. The fourth-order valence-corrected chi connectivity index (χ4v) is 2.77. The summed E-state index contributed by atoms with van der Waals surface area (Å²) in [6, 6.07) is 5.80. The van der Waals surface area contributed by atoms with Crippen molar-refractivity contribution in [1.29, 1.82) is 0 Å². The lowest BCUT2D eigenvalue weighted by atomic mass is 10.1. The second-order valence-corrected chi connectivity index (χ2v) is 5.60. The molecular formula is C17H24FN3. The number of benzene rings is 1. The van der Waals surface area contributed by atoms with Crippen LogP contribution in [0.25, 0.3) is 0 Å². The van der Waals surface area contributed by atoms with Gasteiger partial charge in [0.1, 0.15) is 5.82 Å². The molecule has 2 N–H and O–H groups in total. The van der Waals surface area contributed by atoms with Crippen molar-refractivity contribution < 1.29 is 4.39 Å². The lowest BCUT2D eigenvalue weighted by Crippen LogP contribution is -2.50. The number of likely N-dealkylation sites (N-methyl/N-ethyl adjacent to an activating group) is 1. The normalized spacial score (nSPS) is 20.1. The summed E-state index contributed by atoms with van der Waals surface area (Å²) >= 11 is 0. The molecule has 1 atom stereocenters. The Morgan fingerprint density at radius 3 is 2.90 bits per heavy atom. The molecule has 0 aromatic heterocycles.